The average molecular weight is 194 g/mol. The third-order valence-electron chi connectivity index (χ3n) is 2.36. The van der Waals surface area contributed by atoms with E-state index < -0.39 is 0 Å². The van der Waals surface area contributed by atoms with Crippen molar-refractivity contribution < 1.29 is 9.47 Å². The molecule has 0 saturated carbocycles. The van der Waals surface area contributed by atoms with Crippen LogP contribution < -0.4 is 9.47 Å². The largest absolute Gasteiger partial charge is 0.493 e. The van der Waals surface area contributed by atoms with E-state index in [1.807, 2.05) is 6.07 Å². The molecule has 0 aromatic heterocycles. The van der Waals surface area contributed by atoms with Crippen molar-refractivity contribution in [3.05, 3.63) is 23.3 Å². The Hall–Kier alpha value is -1.18. The molecule has 2 nitrogen and oxygen atoms in total. The van der Waals surface area contributed by atoms with Gasteiger partial charge in [-0.1, -0.05) is 13.3 Å². The van der Waals surface area contributed by atoms with Crippen LogP contribution in [0.1, 0.15) is 24.5 Å². The Kier molecular flexibility index (Phi) is 3.81. The number of aryl methyl sites for hydroxylation is 2. The van der Waals surface area contributed by atoms with Crippen molar-refractivity contribution in [3.63, 3.8) is 0 Å². The Bertz CT molecular complexity index is 305. The maximum Gasteiger partial charge on any atom is 0.161 e. The number of hydrogen-bond acceptors (Lipinski definition) is 2. The third-order valence-corrected chi connectivity index (χ3v) is 2.36. The highest BCUT2D eigenvalue weighted by Gasteiger charge is 2.07. The van der Waals surface area contributed by atoms with Crippen LogP contribution in [0.4, 0.5) is 0 Å². The first-order valence-electron chi connectivity index (χ1n) is 4.94. The molecule has 0 heterocycles. The number of benzene rings is 1. The van der Waals surface area contributed by atoms with Gasteiger partial charge in [-0.2, -0.15) is 0 Å². The van der Waals surface area contributed by atoms with Gasteiger partial charge in [0.05, 0.1) is 14.2 Å². The van der Waals surface area contributed by atoms with Crippen LogP contribution in [0.3, 0.4) is 0 Å². The lowest BCUT2D eigenvalue weighted by Gasteiger charge is -2.11. The molecule has 0 saturated heterocycles. The maximum absolute atomic E-state index is 5.25. The van der Waals surface area contributed by atoms with Crippen molar-refractivity contribution in [2.24, 2.45) is 0 Å². The Labute approximate surface area is 85.8 Å². The Morgan fingerprint density at radius 3 is 2.14 bits per heavy atom. The van der Waals surface area contributed by atoms with Crippen molar-refractivity contribution in [3.8, 4) is 11.5 Å². The van der Waals surface area contributed by atoms with Gasteiger partial charge in [-0.25, -0.2) is 0 Å². The SMILES string of the molecule is CCCc1cc(OC)c(OC)cc1C. The van der Waals surface area contributed by atoms with Gasteiger partial charge >= 0.3 is 0 Å². The first-order valence-corrected chi connectivity index (χ1v) is 4.94. The summed E-state index contributed by atoms with van der Waals surface area (Å²) in [6.45, 7) is 4.28. The van der Waals surface area contributed by atoms with Crippen LogP contribution in [0, 0.1) is 6.92 Å². The second-order valence-corrected chi connectivity index (χ2v) is 3.38. The third kappa shape index (κ3) is 2.19. The molecule has 2 heteroatoms. The van der Waals surface area contributed by atoms with E-state index >= 15 is 0 Å². The molecule has 0 N–H and O–H groups in total. The lowest BCUT2D eigenvalue weighted by Crippen LogP contribution is -1.95. The van der Waals surface area contributed by atoms with Gasteiger partial charge in [0.25, 0.3) is 0 Å². The minimum atomic E-state index is 0.810. The van der Waals surface area contributed by atoms with E-state index in [2.05, 4.69) is 19.9 Å². The van der Waals surface area contributed by atoms with Gasteiger partial charge in [-0.05, 0) is 36.6 Å². The van der Waals surface area contributed by atoms with Gasteiger partial charge in [-0.3, -0.25) is 0 Å². The number of rotatable bonds is 4. The van der Waals surface area contributed by atoms with E-state index in [0.717, 1.165) is 24.3 Å². The second kappa shape index (κ2) is 4.89. The molecular weight excluding hydrogens is 176 g/mol. The molecule has 0 aliphatic heterocycles. The summed E-state index contributed by atoms with van der Waals surface area (Å²) in [5.74, 6) is 1.63. The summed E-state index contributed by atoms with van der Waals surface area (Å²) >= 11 is 0. The zero-order valence-corrected chi connectivity index (χ0v) is 9.39. The average Bonchev–Trinajstić information content (AvgIpc) is 2.20. The molecule has 0 radical (unpaired) electrons. The number of hydrogen-bond donors (Lipinski definition) is 0. The van der Waals surface area contributed by atoms with Crippen LogP contribution in [0.15, 0.2) is 12.1 Å². The number of ether oxygens (including phenoxy) is 2. The van der Waals surface area contributed by atoms with Gasteiger partial charge in [0, 0.05) is 0 Å². The van der Waals surface area contributed by atoms with Gasteiger partial charge in [0.1, 0.15) is 0 Å². The van der Waals surface area contributed by atoms with Crippen molar-refractivity contribution in [1.29, 1.82) is 0 Å². The monoisotopic (exact) mass is 194 g/mol. The molecule has 1 rings (SSSR count). The molecule has 0 fully saturated rings. The normalized spacial score (nSPS) is 10.0. The molecule has 14 heavy (non-hydrogen) atoms. The van der Waals surface area contributed by atoms with E-state index in [1.165, 1.54) is 11.1 Å². The smallest absolute Gasteiger partial charge is 0.161 e. The van der Waals surface area contributed by atoms with Crippen LogP contribution in [0.2, 0.25) is 0 Å². The standard InChI is InChI=1S/C12H18O2/c1-5-6-10-8-12(14-4)11(13-3)7-9(10)2/h7-8H,5-6H2,1-4H3. The molecule has 0 aliphatic rings. The molecule has 78 valence electrons. The number of methoxy groups -OCH3 is 2. The summed E-state index contributed by atoms with van der Waals surface area (Å²) in [6, 6.07) is 4.10. The van der Waals surface area contributed by atoms with Crippen molar-refractivity contribution >= 4 is 0 Å². The molecule has 1 aromatic carbocycles. The highest BCUT2D eigenvalue weighted by Crippen LogP contribution is 2.30. The Morgan fingerprint density at radius 1 is 1.07 bits per heavy atom. The van der Waals surface area contributed by atoms with Crippen LogP contribution in [0.5, 0.6) is 11.5 Å². The zero-order valence-electron chi connectivity index (χ0n) is 9.39. The van der Waals surface area contributed by atoms with E-state index in [0.29, 0.717) is 0 Å². The van der Waals surface area contributed by atoms with Gasteiger partial charge in [0.2, 0.25) is 0 Å². The maximum atomic E-state index is 5.25. The van der Waals surface area contributed by atoms with Gasteiger partial charge in [-0.15, -0.1) is 0 Å². The highest BCUT2D eigenvalue weighted by atomic mass is 16.5. The fourth-order valence-corrected chi connectivity index (χ4v) is 1.56. The Balaban J connectivity index is 3.09. The molecule has 1 aromatic rings. The summed E-state index contributed by atoms with van der Waals surface area (Å²) in [5, 5.41) is 0. The van der Waals surface area contributed by atoms with E-state index in [4.69, 9.17) is 9.47 Å². The molecule has 0 unspecified atom stereocenters. The summed E-state index contributed by atoms with van der Waals surface area (Å²) in [7, 11) is 3.33. The minimum absolute atomic E-state index is 0.810. The summed E-state index contributed by atoms with van der Waals surface area (Å²) in [6.07, 6.45) is 2.24. The predicted molar refractivity (Wildman–Crippen MR) is 58.3 cm³/mol. The Morgan fingerprint density at radius 2 is 1.64 bits per heavy atom. The van der Waals surface area contributed by atoms with Crippen molar-refractivity contribution in [2.75, 3.05) is 14.2 Å². The highest BCUT2D eigenvalue weighted by molar-refractivity contribution is 5.47. The molecule has 0 bridgehead atoms. The molecule has 0 amide bonds. The van der Waals surface area contributed by atoms with Crippen LogP contribution in [-0.4, -0.2) is 14.2 Å². The minimum Gasteiger partial charge on any atom is -0.493 e. The fraction of sp³-hybridized carbons (Fsp3) is 0.500. The summed E-state index contributed by atoms with van der Waals surface area (Å²) < 4.78 is 10.5. The lowest BCUT2D eigenvalue weighted by molar-refractivity contribution is 0.354. The van der Waals surface area contributed by atoms with E-state index in [-0.39, 0.29) is 0 Å². The lowest BCUT2D eigenvalue weighted by atomic mass is 10.0. The quantitative estimate of drug-likeness (QED) is 0.733. The summed E-state index contributed by atoms with van der Waals surface area (Å²) in [5.41, 5.74) is 2.61. The molecule has 0 aliphatic carbocycles. The molecule has 0 atom stereocenters. The van der Waals surface area contributed by atoms with E-state index in [9.17, 15) is 0 Å². The topological polar surface area (TPSA) is 18.5 Å². The van der Waals surface area contributed by atoms with Crippen LogP contribution in [0.25, 0.3) is 0 Å². The fourth-order valence-electron chi connectivity index (χ4n) is 1.56. The van der Waals surface area contributed by atoms with Crippen molar-refractivity contribution in [2.45, 2.75) is 26.7 Å². The van der Waals surface area contributed by atoms with Crippen LogP contribution in [-0.2, 0) is 6.42 Å². The summed E-state index contributed by atoms with van der Waals surface area (Å²) in [4.78, 5) is 0. The second-order valence-electron chi connectivity index (χ2n) is 3.38. The van der Waals surface area contributed by atoms with Crippen LogP contribution >= 0.6 is 0 Å². The molecule has 0 spiro atoms. The molecular formula is C12H18O2. The van der Waals surface area contributed by atoms with Crippen molar-refractivity contribution in [1.82, 2.24) is 0 Å². The van der Waals surface area contributed by atoms with E-state index in [1.54, 1.807) is 14.2 Å². The first kappa shape index (κ1) is 10.9. The zero-order chi connectivity index (χ0) is 10.6. The first-order chi connectivity index (χ1) is 6.72. The predicted octanol–water partition coefficient (Wildman–Crippen LogP) is 2.96. The van der Waals surface area contributed by atoms with Gasteiger partial charge < -0.3 is 9.47 Å². The van der Waals surface area contributed by atoms with Gasteiger partial charge in [0.15, 0.2) is 11.5 Å².